The number of aromatic nitrogens is 2. The Kier molecular flexibility index (Phi) is 10.0. The summed E-state index contributed by atoms with van der Waals surface area (Å²) in [5.41, 5.74) is 9.49. The molecule has 8 rings (SSSR count). The summed E-state index contributed by atoms with van der Waals surface area (Å²) in [6.45, 7) is 4.75. The lowest BCUT2D eigenvalue weighted by Gasteiger charge is -2.30. The van der Waals surface area contributed by atoms with Crippen LogP contribution in [0.25, 0.3) is 44.1 Å². The average Bonchev–Trinajstić information content (AvgIpc) is 3.74. The highest BCUT2D eigenvalue weighted by Crippen LogP contribution is 2.42. The Balaban J connectivity index is 1.14. The van der Waals surface area contributed by atoms with Crippen LogP contribution in [0.3, 0.4) is 0 Å². The van der Waals surface area contributed by atoms with E-state index in [9.17, 15) is 9.59 Å². The third kappa shape index (κ3) is 6.59. The van der Waals surface area contributed by atoms with Gasteiger partial charge in [-0.25, -0.2) is 0 Å². The highest BCUT2D eigenvalue weighted by Gasteiger charge is 2.34. The van der Waals surface area contributed by atoms with Crippen LogP contribution < -0.4 is 14.4 Å². The van der Waals surface area contributed by atoms with Gasteiger partial charge in [-0.3, -0.25) is 14.5 Å². The standard InChI is InChI=1S/C46H42N4O4S/c1-5-7-9-29(6-2)28-49-45(51)40-11-8-10-38-37(25-27-41(42(38)40)46(49)52)39-26-24-36(43-44(39)48-55-47-43)30-12-14-31(15-13-30)50(32-16-20-34(53-3)21-17-32)33-18-22-35(54-4)23-19-33/h8,10-27,29H,5-7,9,28H2,1-4H3. The van der Waals surface area contributed by atoms with Crippen molar-refractivity contribution in [3.8, 4) is 33.8 Å². The summed E-state index contributed by atoms with van der Waals surface area (Å²) < 4.78 is 20.4. The lowest BCUT2D eigenvalue weighted by atomic mass is 9.87. The molecule has 0 N–H and O–H groups in total. The fourth-order valence-electron chi connectivity index (χ4n) is 7.74. The van der Waals surface area contributed by atoms with Crippen LogP contribution in [0.4, 0.5) is 17.1 Å². The van der Waals surface area contributed by atoms with E-state index in [1.54, 1.807) is 14.2 Å². The molecular weight excluding hydrogens is 705 g/mol. The number of carbonyl (C=O) groups is 2. The van der Waals surface area contributed by atoms with Gasteiger partial charge in [-0.2, -0.15) is 8.75 Å². The van der Waals surface area contributed by atoms with E-state index in [4.69, 9.17) is 18.2 Å². The highest BCUT2D eigenvalue weighted by atomic mass is 32.1. The molecule has 2 amide bonds. The molecule has 6 aromatic carbocycles. The van der Waals surface area contributed by atoms with Crippen molar-refractivity contribution in [1.82, 2.24) is 13.6 Å². The van der Waals surface area contributed by atoms with Gasteiger partial charge < -0.3 is 14.4 Å². The highest BCUT2D eigenvalue weighted by molar-refractivity contribution is 7.00. The lowest BCUT2D eigenvalue weighted by Crippen LogP contribution is -2.43. The van der Waals surface area contributed by atoms with Gasteiger partial charge in [0.15, 0.2) is 0 Å². The Morgan fingerprint density at radius 1 is 0.636 bits per heavy atom. The summed E-state index contributed by atoms with van der Waals surface area (Å²) in [6.07, 6.45) is 4.11. The number of carbonyl (C=O) groups excluding carboxylic acids is 2. The zero-order valence-electron chi connectivity index (χ0n) is 31.4. The van der Waals surface area contributed by atoms with E-state index in [0.29, 0.717) is 23.1 Å². The normalized spacial score (nSPS) is 13.1. The molecule has 1 aromatic heterocycles. The van der Waals surface area contributed by atoms with Gasteiger partial charge in [0.1, 0.15) is 22.5 Å². The molecule has 55 heavy (non-hydrogen) atoms. The largest absolute Gasteiger partial charge is 0.497 e. The average molecular weight is 747 g/mol. The predicted octanol–water partition coefficient (Wildman–Crippen LogP) is 11.5. The van der Waals surface area contributed by atoms with E-state index in [-0.39, 0.29) is 17.7 Å². The van der Waals surface area contributed by atoms with Crippen molar-refractivity contribution < 1.29 is 19.1 Å². The third-order valence-electron chi connectivity index (χ3n) is 10.8. The molecule has 0 saturated heterocycles. The zero-order valence-corrected chi connectivity index (χ0v) is 32.2. The first kappa shape index (κ1) is 35.9. The van der Waals surface area contributed by atoms with Gasteiger partial charge in [0.25, 0.3) is 11.8 Å². The van der Waals surface area contributed by atoms with Crippen LogP contribution in [0, 0.1) is 5.92 Å². The molecule has 1 aliphatic rings. The van der Waals surface area contributed by atoms with Crippen molar-refractivity contribution in [1.29, 1.82) is 0 Å². The molecule has 1 atom stereocenters. The monoisotopic (exact) mass is 746 g/mol. The van der Waals surface area contributed by atoms with Crippen molar-refractivity contribution in [3.63, 3.8) is 0 Å². The van der Waals surface area contributed by atoms with E-state index in [1.165, 1.54) is 16.6 Å². The SMILES string of the molecule is CCCCC(CC)CN1C(=O)c2cccc3c(-c4ccc(-c5ccc(N(c6ccc(OC)cc6)c6ccc(OC)cc6)cc5)c5nsnc45)ccc(c23)C1=O. The molecule has 2 heterocycles. The van der Waals surface area contributed by atoms with Crippen molar-refractivity contribution >= 4 is 62.4 Å². The Hall–Kier alpha value is -6.06. The summed E-state index contributed by atoms with van der Waals surface area (Å²) in [6, 6.07) is 38.3. The van der Waals surface area contributed by atoms with Gasteiger partial charge in [0.2, 0.25) is 0 Å². The maximum atomic E-state index is 13.9. The second-order valence-corrected chi connectivity index (χ2v) is 14.5. The fourth-order valence-corrected chi connectivity index (χ4v) is 8.31. The first-order valence-electron chi connectivity index (χ1n) is 18.8. The topological polar surface area (TPSA) is 84.9 Å². The maximum absolute atomic E-state index is 13.9. The molecule has 0 fully saturated rings. The molecule has 0 radical (unpaired) electrons. The number of unbranched alkanes of at least 4 members (excludes halogenated alkanes) is 1. The predicted molar refractivity (Wildman–Crippen MR) is 222 cm³/mol. The van der Waals surface area contributed by atoms with Crippen molar-refractivity contribution in [2.24, 2.45) is 5.92 Å². The van der Waals surface area contributed by atoms with E-state index in [2.05, 4.69) is 55.1 Å². The molecule has 9 heteroatoms. The number of anilines is 3. The number of benzene rings is 6. The summed E-state index contributed by atoms with van der Waals surface area (Å²) in [5.74, 6) is 1.43. The quantitative estimate of drug-likeness (QED) is 0.109. The molecule has 1 unspecified atom stereocenters. The minimum atomic E-state index is -0.216. The van der Waals surface area contributed by atoms with Gasteiger partial charge in [0, 0.05) is 51.2 Å². The van der Waals surface area contributed by atoms with Gasteiger partial charge in [-0.05, 0) is 102 Å². The van der Waals surface area contributed by atoms with E-state index in [1.807, 2.05) is 78.9 Å². The molecule has 8 nitrogen and oxygen atoms in total. The molecule has 7 aromatic rings. The number of fused-ring (bicyclic) bond motifs is 1. The molecule has 1 aliphatic heterocycles. The van der Waals surface area contributed by atoms with Crippen LogP contribution in [-0.4, -0.2) is 46.2 Å². The van der Waals surface area contributed by atoms with Crippen molar-refractivity contribution in [2.75, 3.05) is 25.7 Å². The number of nitrogens with zero attached hydrogens (tertiary/aromatic N) is 4. The molecule has 0 spiro atoms. The number of imide groups is 1. The summed E-state index contributed by atoms with van der Waals surface area (Å²) in [4.78, 5) is 31.5. The van der Waals surface area contributed by atoms with E-state index < -0.39 is 0 Å². The summed E-state index contributed by atoms with van der Waals surface area (Å²) in [7, 11) is 3.33. The summed E-state index contributed by atoms with van der Waals surface area (Å²) in [5, 5.41) is 1.57. The Labute approximate surface area is 325 Å². The first-order valence-corrected chi connectivity index (χ1v) is 19.5. The Morgan fingerprint density at radius 3 is 1.75 bits per heavy atom. The number of hydrogen-bond donors (Lipinski definition) is 0. The number of ether oxygens (including phenoxy) is 2. The van der Waals surface area contributed by atoms with Crippen molar-refractivity contribution in [3.05, 3.63) is 126 Å². The molecular formula is C46H42N4O4S. The molecule has 0 aliphatic carbocycles. The minimum Gasteiger partial charge on any atom is -0.497 e. The minimum absolute atomic E-state index is 0.216. The fraction of sp³-hybridized carbons (Fsp3) is 0.217. The number of amides is 2. The van der Waals surface area contributed by atoms with E-state index >= 15 is 0 Å². The van der Waals surface area contributed by atoms with Gasteiger partial charge >= 0.3 is 0 Å². The second kappa shape index (κ2) is 15.4. The number of hydrogen-bond acceptors (Lipinski definition) is 8. The molecule has 0 bridgehead atoms. The number of methoxy groups -OCH3 is 2. The van der Waals surface area contributed by atoms with Crippen LogP contribution in [0.15, 0.2) is 115 Å². The van der Waals surface area contributed by atoms with Gasteiger partial charge in [-0.1, -0.05) is 75.6 Å². The van der Waals surface area contributed by atoms with Crippen LogP contribution in [0.1, 0.15) is 60.2 Å². The maximum Gasteiger partial charge on any atom is 0.261 e. The Morgan fingerprint density at radius 2 is 1.16 bits per heavy atom. The van der Waals surface area contributed by atoms with Crippen LogP contribution >= 0.6 is 11.7 Å². The third-order valence-corrected chi connectivity index (χ3v) is 11.3. The first-order chi connectivity index (χ1) is 26.9. The zero-order chi connectivity index (χ0) is 38.1. The van der Waals surface area contributed by atoms with Gasteiger partial charge in [0.05, 0.1) is 25.9 Å². The van der Waals surface area contributed by atoms with Crippen LogP contribution in [-0.2, 0) is 0 Å². The summed E-state index contributed by atoms with van der Waals surface area (Å²) >= 11 is 1.18. The molecule has 0 saturated carbocycles. The number of rotatable bonds is 13. The Bertz CT molecular complexity index is 2440. The lowest BCUT2D eigenvalue weighted by molar-refractivity contribution is 0.0580. The molecule has 276 valence electrons. The van der Waals surface area contributed by atoms with Gasteiger partial charge in [-0.15, -0.1) is 0 Å². The van der Waals surface area contributed by atoms with Crippen molar-refractivity contribution in [2.45, 2.75) is 39.5 Å². The second-order valence-electron chi connectivity index (χ2n) is 13.9. The van der Waals surface area contributed by atoms with Crippen LogP contribution in [0.5, 0.6) is 11.5 Å². The van der Waals surface area contributed by atoms with E-state index in [0.717, 1.165) is 92.9 Å². The van der Waals surface area contributed by atoms with Crippen LogP contribution in [0.2, 0.25) is 0 Å². The smallest absolute Gasteiger partial charge is 0.261 e.